The molecule has 9 heteroatoms. The van der Waals surface area contributed by atoms with Gasteiger partial charge in [-0.05, 0) is 42.4 Å². The Kier molecular flexibility index (Phi) is 6.47. The lowest BCUT2D eigenvalue weighted by atomic mass is 10.1. The second kappa shape index (κ2) is 9.68. The van der Waals surface area contributed by atoms with Gasteiger partial charge in [0.1, 0.15) is 6.23 Å². The van der Waals surface area contributed by atoms with Crippen molar-refractivity contribution in [3.63, 3.8) is 0 Å². The summed E-state index contributed by atoms with van der Waals surface area (Å²) < 4.78 is 0. The molecular weight excluding hydrogens is 452 g/mol. The number of hydrogen-bond donors (Lipinski definition) is 3. The molecule has 5 rings (SSSR count). The van der Waals surface area contributed by atoms with E-state index in [1.165, 1.54) is 0 Å². The fraction of sp³-hybridized carbons (Fsp3) is 0.320. The van der Waals surface area contributed by atoms with Gasteiger partial charge < -0.3 is 20.6 Å². The average molecular weight is 479 g/mol. The topological polar surface area (TPSA) is 93.6 Å². The molecule has 0 spiro atoms. The minimum Gasteiger partial charge on any atom is -0.374 e. The number of aliphatic hydroxyl groups excluding tert-OH is 1. The Morgan fingerprint density at radius 2 is 1.91 bits per heavy atom. The number of nitrogens with one attached hydrogen (secondary N) is 2. The molecule has 2 aromatic carbocycles. The van der Waals surface area contributed by atoms with Crippen LogP contribution in [0.25, 0.3) is 11.3 Å². The molecule has 176 valence electrons. The van der Waals surface area contributed by atoms with Crippen LogP contribution in [0.2, 0.25) is 5.02 Å². The van der Waals surface area contributed by atoms with Crippen molar-refractivity contribution in [3.05, 3.63) is 64.8 Å². The summed E-state index contributed by atoms with van der Waals surface area (Å²) in [6, 6.07) is 13.0. The second-order valence-electron chi connectivity index (χ2n) is 8.57. The Bertz CT molecular complexity index is 1190. The van der Waals surface area contributed by atoms with E-state index in [4.69, 9.17) is 16.6 Å². The van der Waals surface area contributed by atoms with Crippen LogP contribution in [0.1, 0.15) is 24.3 Å². The van der Waals surface area contributed by atoms with Gasteiger partial charge in [-0.3, -0.25) is 9.69 Å². The number of nitrogens with zero attached hydrogens (tertiary/aromatic N) is 4. The number of likely N-dealkylation sites (N-methyl/N-ethyl adjacent to an activating group) is 1. The number of carbonyl (C=O) groups is 1. The van der Waals surface area contributed by atoms with Gasteiger partial charge in [0.2, 0.25) is 11.9 Å². The van der Waals surface area contributed by atoms with E-state index in [2.05, 4.69) is 32.3 Å². The van der Waals surface area contributed by atoms with Gasteiger partial charge in [0, 0.05) is 54.2 Å². The molecule has 34 heavy (non-hydrogen) atoms. The number of amides is 1. The van der Waals surface area contributed by atoms with Crippen molar-refractivity contribution < 1.29 is 9.90 Å². The predicted octanol–water partition coefficient (Wildman–Crippen LogP) is 3.66. The summed E-state index contributed by atoms with van der Waals surface area (Å²) >= 11 is 6.12. The van der Waals surface area contributed by atoms with E-state index in [1.807, 2.05) is 30.3 Å². The second-order valence-corrected chi connectivity index (χ2v) is 9.01. The Labute approximate surface area is 203 Å². The molecule has 0 aliphatic carbocycles. The number of aliphatic hydroxyl groups is 1. The zero-order valence-corrected chi connectivity index (χ0v) is 19.7. The van der Waals surface area contributed by atoms with Crippen LogP contribution in [-0.4, -0.2) is 63.5 Å². The highest BCUT2D eigenvalue weighted by atomic mass is 35.5. The number of anilines is 3. The van der Waals surface area contributed by atoms with Crippen LogP contribution in [0.3, 0.4) is 0 Å². The number of aromatic nitrogens is 2. The van der Waals surface area contributed by atoms with Crippen LogP contribution in [-0.2, 0) is 11.2 Å². The van der Waals surface area contributed by atoms with E-state index in [-0.39, 0.29) is 12.3 Å². The molecule has 3 heterocycles. The van der Waals surface area contributed by atoms with Crippen LogP contribution < -0.4 is 10.6 Å². The van der Waals surface area contributed by atoms with Crippen LogP contribution in [0.4, 0.5) is 17.3 Å². The molecule has 8 nitrogen and oxygen atoms in total. The van der Waals surface area contributed by atoms with Crippen LogP contribution in [0, 0.1) is 0 Å². The van der Waals surface area contributed by atoms with E-state index in [0.717, 1.165) is 55.1 Å². The summed E-state index contributed by atoms with van der Waals surface area (Å²) in [6.07, 6.45) is 1.26. The molecule has 0 saturated carbocycles. The number of carbonyl (C=O) groups excluding carboxylic acids is 1. The van der Waals surface area contributed by atoms with Crippen molar-refractivity contribution in [2.24, 2.45) is 0 Å². The monoisotopic (exact) mass is 478 g/mol. The number of piperazine rings is 1. The lowest BCUT2D eigenvalue weighted by molar-refractivity contribution is -0.115. The third-order valence-corrected chi connectivity index (χ3v) is 6.63. The molecule has 2 aliphatic heterocycles. The Hall–Kier alpha value is -3.04. The van der Waals surface area contributed by atoms with E-state index >= 15 is 0 Å². The maximum Gasteiger partial charge on any atom is 0.228 e. The summed E-state index contributed by atoms with van der Waals surface area (Å²) in [5, 5.41) is 17.5. The maximum absolute atomic E-state index is 12.3. The number of hydrogen-bond acceptors (Lipinski definition) is 7. The van der Waals surface area contributed by atoms with Gasteiger partial charge in [-0.1, -0.05) is 30.7 Å². The molecule has 1 fully saturated rings. The van der Waals surface area contributed by atoms with Crippen molar-refractivity contribution >= 4 is 34.8 Å². The predicted molar refractivity (Wildman–Crippen MR) is 133 cm³/mol. The van der Waals surface area contributed by atoms with Crippen LogP contribution in [0.5, 0.6) is 0 Å². The first-order chi connectivity index (χ1) is 16.5. The molecule has 1 aromatic heterocycles. The van der Waals surface area contributed by atoms with E-state index in [1.54, 1.807) is 18.3 Å². The quantitative estimate of drug-likeness (QED) is 0.515. The zero-order valence-electron chi connectivity index (χ0n) is 19.0. The lowest BCUT2D eigenvalue weighted by Crippen LogP contribution is -2.47. The van der Waals surface area contributed by atoms with E-state index in [0.29, 0.717) is 22.4 Å². The van der Waals surface area contributed by atoms with Gasteiger partial charge in [-0.2, -0.15) is 0 Å². The fourth-order valence-electron chi connectivity index (χ4n) is 4.43. The molecule has 1 amide bonds. The summed E-state index contributed by atoms with van der Waals surface area (Å²) in [4.78, 5) is 25.9. The van der Waals surface area contributed by atoms with E-state index in [9.17, 15) is 9.90 Å². The Morgan fingerprint density at radius 1 is 1.15 bits per heavy atom. The first-order valence-electron chi connectivity index (χ1n) is 11.5. The minimum absolute atomic E-state index is 0.128. The average Bonchev–Trinajstić information content (AvgIpc) is 2.98. The van der Waals surface area contributed by atoms with Gasteiger partial charge in [-0.25, -0.2) is 9.97 Å². The van der Waals surface area contributed by atoms with Crippen molar-refractivity contribution in [1.29, 1.82) is 0 Å². The summed E-state index contributed by atoms with van der Waals surface area (Å²) in [5.41, 5.74) is 4.56. The van der Waals surface area contributed by atoms with Gasteiger partial charge in [0.15, 0.2) is 0 Å². The molecule has 1 saturated heterocycles. The largest absolute Gasteiger partial charge is 0.374 e. The molecule has 1 atom stereocenters. The third kappa shape index (κ3) is 4.76. The first-order valence-corrected chi connectivity index (χ1v) is 11.8. The molecule has 1 unspecified atom stereocenters. The molecular formula is C25H27ClN6O2. The van der Waals surface area contributed by atoms with Crippen LogP contribution in [0.15, 0.2) is 48.7 Å². The minimum atomic E-state index is -0.620. The summed E-state index contributed by atoms with van der Waals surface area (Å²) in [5.74, 6) is 0.301. The third-order valence-electron chi connectivity index (χ3n) is 6.39. The Morgan fingerprint density at radius 3 is 2.65 bits per heavy atom. The number of halogens is 1. The fourth-order valence-corrected chi connectivity index (χ4v) is 4.60. The molecule has 2 aliphatic rings. The Balaban J connectivity index is 1.33. The van der Waals surface area contributed by atoms with Gasteiger partial charge in [0.25, 0.3) is 0 Å². The van der Waals surface area contributed by atoms with Crippen molar-refractivity contribution in [1.82, 2.24) is 19.8 Å². The number of rotatable bonds is 5. The molecule has 0 bridgehead atoms. The standard InChI is InChI=1S/C25H27ClN6O2/c1-2-31-9-11-32(12-10-31)24(34)16-3-6-19(7-4-16)28-25-27-15-17-13-22(33)29-21-14-18(26)5-8-20(21)23(17)30-25/h3-8,14-15,24,34H,2,9-13H2,1H3,(H,29,33)(H,27,28,30). The maximum atomic E-state index is 12.3. The van der Waals surface area contributed by atoms with Gasteiger partial charge in [0.05, 0.1) is 17.8 Å². The molecule has 3 N–H and O–H groups in total. The normalized spacial score (nSPS) is 17.3. The van der Waals surface area contributed by atoms with Crippen molar-refractivity contribution in [2.45, 2.75) is 19.6 Å². The highest BCUT2D eigenvalue weighted by Gasteiger charge is 2.23. The van der Waals surface area contributed by atoms with Crippen LogP contribution >= 0.6 is 11.6 Å². The first kappa shape index (κ1) is 22.7. The smallest absolute Gasteiger partial charge is 0.228 e. The number of benzene rings is 2. The molecule has 3 aromatic rings. The zero-order chi connectivity index (χ0) is 23.7. The highest BCUT2D eigenvalue weighted by molar-refractivity contribution is 6.31. The molecule has 0 radical (unpaired) electrons. The van der Waals surface area contributed by atoms with Crippen molar-refractivity contribution in [2.75, 3.05) is 43.4 Å². The summed E-state index contributed by atoms with van der Waals surface area (Å²) in [6.45, 7) is 6.85. The highest BCUT2D eigenvalue weighted by Crippen LogP contribution is 2.35. The van der Waals surface area contributed by atoms with E-state index < -0.39 is 6.23 Å². The van der Waals surface area contributed by atoms with Gasteiger partial charge in [-0.15, -0.1) is 0 Å². The van der Waals surface area contributed by atoms with Gasteiger partial charge >= 0.3 is 0 Å². The SMILES string of the molecule is CCN1CCN(C(O)c2ccc(Nc3ncc4c(n3)-c3ccc(Cl)cc3NC(=O)C4)cc2)CC1. The lowest BCUT2D eigenvalue weighted by Gasteiger charge is -2.36. The summed E-state index contributed by atoms with van der Waals surface area (Å²) in [7, 11) is 0. The van der Waals surface area contributed by atoms with Crippen molar-refractivity contribution in [3.8, 4) is 11.3 Å². The number of fused-ring (bicyclic) bond motifs is 3.